The van der Waals surface area contributed by atoms with Gasteiger partial charge in [-0.15, -0.1) is 0 Å². The molecule has 0 N–H and O–H groups in total. The van der Waals surface area contributed by atoms with Crippen molar-refractivity contribution in [3.8, 4) is 11.5 Å². The summed E-state index contributed by atoms with van der Waals surface area (Å²) in [5, 5.41) is 0. The molecule has 140 valence electrons. The van der Waals surface area contributed by atoms with Gasteiger partial charge in [-0.3, -0.25) is 14.6 Å². The van der Waals surface area contributed by atoms with Gasteiger partial charge in [-0.1, -0.05) is 12.1 Å². The number of nitrogens with zero attached hydrogens (tertiary/aromatic N) is 3. The molecule has 3 aliphatic rings. The maximum atomic E-state index is 12.4. The van der Waals surface area contributed by atoms with Gasteiger partial charge < -0.3 is 14.4 Å². The SMILES string of the molecule is CCN1CC(=O)N([C@H]2CCCN(C[C@H]3COc4ccccc4O3)C2)C1=O. The van der Waals surface area contributed by atoms with Gasteiger partial charge in [0, 0.05) is 19.6 Å². The third-order valence-corrected chi connectivity index (χ3v) is 5.33. The van der Waals surface area contributed by atoms with Crippen LogP contribution in [0, 0.1) is 0 Å². The van der Waals surface area contributed by atoms with Crippen LogP contribution in [0.15, 0.2) is 24.3 Å². The molecular weight excluding hydrogens is 334 g/mol. The number of carbonyl (C=O) groups is 2. The maximum absolute atomic E-state index is 12.4. The summed E-state index contributed by atoms with van der Waals surface area (Å²) in [4.78, 5) is 30.1. The van der Waals surface area contributed by atoms with Gasteiger partial charge in [-0.25, -0.2) is 4.79 Å². The fraction of sp³-hybridized carbons (Fsp3) is 0.579. The molecule has 0 aliphatic carbocycles. The standard InChI is InChI=1S/C19H25N3O4/c1-2-21-12-18(23)22(19(21)24)14-6-5-9-20(10-14)11-15-13-25-16-7-3-4-8-17(16)26-15/h3-4,7-8,14-15H,2,5-6,9-13H2,1H3/t14-,15-/m0/s1. The Morgan fingerprint density at radius 1 is 1.19 bits per heavy atom. The summed E-state index contributed by atoms with van der Waals surface area (Å²) >= 11 is 0. The van der Waals surface area contributed by atoms with E-state index in [4.69, 9.17) is 9.47 Å². The van der Waals surface area contributed by atoms with Crippen molar-refractivity contribution in [1.29, 1.82) is 0 Å². The molecule has 3 aliphatic heterocycles. The van der Waals surface area contributed by atoms with Gasteiger partial charge in [0.2, 0.25) is 0 Å². The molecule has 0 radical (unpaired) electrons. The van der Waals surface area contributed by atoms with Crippen molar-refractivity contribution >= 4 is 11.9 Å². The lowest BCUT2D eigenvalue weighted by Crippen LogP contribution is -2.53. The zero-order chi connectivity index (χ0) is 18.1. The number of rotatable bonds is 4. The van der Waals surface area contributed by atoms with Crippen molar-refractivity contribution in [3.63, 3.8) is 0 Å². The van der Waals surface area contributed by atoms with Crippen LogP contribution >= 0.6 is 0 Å². The summed E-state index contributed by atoms with van der Waals surface area (Å²) in [6.07, 6.45) is 1.80. The van der Waals surface area contributed by atoms with Crippen LogP contribution < -0.4 is 9.47 Å². The molecule has 7 heteroatoms. The molecule has 2 saturated heterocycles. The molecule has 0 saturated carbocycles. The summed E-state index contributed by atoms with van der Waals surface area (Å²) in [5.74, 6) is 1.49. The molecule has 1 aromatic rings. The van der Waals surface area contributed by atoms with Gasteiger partial charge in [-0.2, -0.15) is 0 Å². The predicted molar refractivity (Wildman–Crippen MR) is 95.3 cm³/mol. The van der Waals surface area contributed by atoms with E-state index in [1.165, 1.54) is 4.90 Å². The number of piperidine rings is 1. The number of ether oxygens (including phenoxy) is 2. The van der Waals surface area contributed by atoms with Gasteiger partial charge >= 0.3 is 6.03 Å². The molecule has 0 spiro atoms. The van der Waals surface area contributed by atoms with E-state index in [0.29, 0.717) is 19.7 Å². The summed E-state index contributed by atoms with van der Waals surface area (Å²) in [5.41, 5.74) is 0. The largest absolute Gasteiger partial charge is 0.486 e. The minimum atomic E-state index is -0.143. The molecule has 3 amide bonds. The number of amides is 3. The monoisotopic (exact) mass is 359 g/mol. The zero-order valence-corrected chi connectivity index (χ0v) is 15.1. The molecule has 4 rings (SSSR count). The molecule has 0 unspecified atom stereocenters. The number of imide groups is 1. The Bertz CT molecular complexity index is 695. The number of hydrogen-bond acceptors (Lipinski definition) is 5. The van der Waals surface area contributed by atoms with E-state index in [1.807, 2.05) is 31.2 Å². The highest BCUT2D eigenvalue weighted by molar-refractivity contribution is 6.02. The minimum Gasteiger partial charge on any atom is -0.486 e. The molecule has 3 heterocycles. The van der Waals surface area contributed by atoms with Gasteiger partial charge in [0.25, 0.3) is 5.91 Å². The second-order valence-electron chi connectivity index (χ2n) is 7.11. The first-order valence-corrected chi connectivity index (χ1v) is 9.37. The molecular formula is C19H25N3O4. The molecule has 26 heavy (non-hydrogen) atoms. The Morgan fingerprint density at radius 2 is 2.00 bits per heavy atom. The lowest BCUT2D eigenvalue weighted by Gasteiger charge is -2.38. The summed E-state index contributed by atoms with van der Waals surface area (Å²) in [7, 11) is 0. The first-order valence-electron chi connectivity index (χ1n) is 9.37. The van der Waals surface area contributed by atoms with Gasteiger partial charge in [0.05, 0.1) is 6.04 Å². The zero-order valence-electron chi connectivity index (χ0n) is 15.1. The quantitative estimate of drug-likeness (QED) is 0.764. The Kier molecular flexibility index (Phi) is 4.72. The predicted octanol–water partition coefficient (Wildman–Crippen LogP) is 1.57. The molecule has 0 aromatic heterocycles. The van der Waals surface area contributed by atoms with Gasteiger partial charge in [-0.05, 0) is 38.4 Å². The second kappa shape index (κ2) is 7.15. The maximum Gasteiger partial charge on any atom is 0.327 e. The molecule has 7 nitrogen and oxygen atoms in total. The van der Waals surface area contributed by atoms with E-state index in [9.17, 15) is 9.59 Å². The smallest absolute Gasteiger partial charge is 0.327 e. The van der Waals surface area contributed by atoms with E-state index in [2.05, 4.69) is 4.90 Å². The number of para-hydroxylation sites is 2. The number of benzene rings is 1. The average molecular weight is 359 g/mol. The molecule has 2 fully saturated rings. The van der Waals surface area contributed by atoms with Crippen LogP contribution in [0.5, 0.6) is 11.5 Å². The van der Waals surface area contributed by atoms with E-state index in [1.54, 1.807) is 4.90 Å². The van der Waals surface area contributed by atoms with Crippen LogP contribution in [0.25, 0.3) is 0 Å². The van der Waals surface area contributed by atoms with Crippen molar-refractivity contribution in [2.45, 2.75) is 31.9 Å². The third kappa shape index (κ3) is 3.23. The highest BCUT2D eigenvalue weighted by Crippen LogP contribution is 2.31. The Hall–Kier alpha value is -2.28. The van der Waals surface area contributed by atoms with Crippen LogP contribution in [-0.2, 0) is 4.79 Å². The van der Waals surface area contributed by atoms with Gasteiger partial charge in [0.15, 0.2) is 11.5 Å². The Labute approximate surface area is 153 Å². The number of fused-ring (bicyclic) bond motifs is 1. The lowest BCUT2D eigenvalue weighted by atomic mass is 10.0. The number of hydrogen-bond donors (Lipinski definition) is 0. The van der Waals surface area contributed by atoms with E-state index in [0.717, 1.165) is 37.4 Å². The second-order valence-corrected chi connectivity index (χ2v) is 7.11. The number of likely N-dealkylation sites (tertiary alicyclic amines) is 1. The topological polar surface area (TPSA) is 62.3 Å². The van der Waals surface area contributed by atoms with Crippen molar-refractivity contribution in [1.82, 2.24) is 14.7 Å². The fourth-order valence-corrected chi connectivity index (χ4v) is 4.02. The molecule has 2 atom stereocenters. The third-order valence-electron chi connectivity index (χ3n) is 5.33. The van der Waals surface area contributed by atoms with Crippen LogP contribution in [-0.4, -0.2) is 78.1 Å². The van der Waals surface area contributed by atoms with E-state index >= 15 is 0 Å². The van der Waals surface area contributed by atoms with E-state index in [-0.39, 0.29) is 30.6 Å². The fourth-order valence-electron chi connectivity index (χ4n) is 4.02. The molecule has 1 aromatic carbocycles. The van der Waals surface area contributed by atoms with Crippen molar-refractivity contribution in [2.75, 3.05) is 39.3 Å². The number of carbonyl (C=O) groups excluding carboxylic acids is 2. The minimum absolute atomic E-state index is 0.0410. The van der Waals surface area contributed by atoms with Crippen molar-refractivity contribution in [2.24, 2.45) is 0 Å². The number of urea groups is 1. The molecule has 0 bridgehead atoms. The van der Waals surface area contributed by atoms with Gasteiger partial charge in [0.1, 0.15) is 19.3 Å². The summed E-state index contributed by atoms with van der Waals surface area (Å²) < 4.78 is 11.8. The highest BCUT2D eigenvalue weighted by atomic mass is 16.6. The van der Waals surface area contributed by atoms with Crippen molar-refractivity contribution < 1.29 is 19.1 Å². The van der Waals surface area contributed by atoms with Crippen LogP contribution in [0.2, 0.25) is 0 Å². The van der Waals surface area contributed by atoms with Crippen molar-refractivity contribution in [3.05, 3.63) is 24.3 Å². The Morgan fingerprint density at radius 3 is 2.77 bits per heavy atom. The summed E-state index contributed by atoms with van der Waals surface area (Å²) in [6, 6.07) is 7.51. The Balaban J connectivity index is 1.37. The summed E-state index contributed by atoms with van der Waals surface area (Å²) in [6.45, 7) is 5.59. The lowest BCUT2D eigenvalue weighted by molar-refractivity contribution is -0.127. The van der Waals surface area contributed by atoms with Crippen LogP contribution in [0.4, 0.5) is 4.79 Å². The average Bonchev–Trinajstić information content (AvgIpc) is 2.95. The number of likely N-dealkylation sites (N-methyl/N-ethyl adjacent to an activating group) is 1. The normalized spacial score (nSPS) is 26.5. The van der Waals surface area contributed by atoms with E-state index < -0.39 is 0 Å². The first-order chi connectivity index (χ1) is 12.7. The first kappa shape index (κ1) is 17.1. The van der Waals surface area contributed by atoms with Crippen LogP contribution in [0.1, 0.15) is 19.8 Å². The highest BCUT2D eigenvalue weighted by Gasteiger charge is 2.41. The van der Waals surface area contributed by atoms with Crippen LogP contribution in [0.3, 0.4) is 0 Å².